The average molecular weight is 257 g/mol. The fraction of sp³-hybridized carbons (Fsp3) is 0.647. The molecule has 2 heteroatoms. The molecule has 1 aromatic rings. The summed E-state index contributed by atoms with van der Waals surface area (Å²) in [7, 11) is 1.76. The second-order valence-corrected chi connectivity index (χ2v) is 6.87. The van der Waals surface area contributed by atoms with Crippen LogP contribution in [0.2, 0.25) is 0 Å². The highest BCUT2D eigenvalue weighted by atomic mass is 16.5. The predicted molar refractivity (Wildman–Crippen MR) is 76.1 cm³/mol. The third-order valence-electron chi connectivity index (χ3n) is 5.81. The molecular weight excluding hydrogens is 234 g/mol. The summed E-state index contributed by atoms with van der Waals surface area (Å²) in [5.74, 6) is 4.00. The molecule has 0 aromatic heterocycles. The van der Waals surface area contributed by atoms with Gasteiger partial charge in [-0.15, -0.1) is 0 Å². The Kier molecular flexibility index (Phi) is 2.63. The van der Waals surface area contributed by atoms with Crippen molar-refractivity contribution in [1.29, 1.82) is 0 Å². The number of methoxy groups -OCH3 is 1. The quantitative estimate of drug-likeness (QED) is 0.893. The van der Waals surface area contributed by atoms with Crippen LogP contribution in [0, 0.1) is 17.8 Å². The molecule has 4 bridgehead atoms. The second kappa shape index (κ2) is 4.24. The smallest absolute Gasteiger partial charge is 0.123 e. The van der Waals surface area contributed by atoms with Crippen molar-refractivity contribution in [3.63, 3.8) is 0 Å². The monoisotopic (exact) mass is 257 g/mol. The number of rotatable bonds is 4. The highest BCUT2D eigenvalue weighted by molar-refractivity contribution is 5.33. The molecular formula is C17H23NO. The van der Waals surface area contributed by atoms with Crippen LogP contribution in [-0.2, 0) is 6.54 Å². The van der Waals surface area contributed by atoms with Gasteiger partial charge in [-0.1, -0.05) is 18.2 Å². The Labute approximate surface area is 115 Å². The Balaban J connectivity index is 1.51. The summed E-state index contributed by atoms with van der Waals surface area (Å²) >= 11 is 0. The normalized spacial score (nSPS) is 38.9. The van der Waals surface area contributed by atoms with E-state index in [1.54, 1.807) is 7.11 Å². The molecule has 19 heavy (non-hydrogen) atoms. The van der Waals surface area contributed by atoms with Gasteiger partial charge in [-0.05, 0) is 55.9 Å². The van der Waals surface area contributed by atoms with Crippen LogP contribution in [0.3, 0.4) is 0 Å². The summed E-state index contributed by atoms with van der Waals surface area (Å²) in [5.41, 5.74) is 1.76. The lowest BCUT2D eigenvalue weighted by atomic mass is 9.80. The fourth-order valence-electron chi connectivity index (χ4n) is 5.21. The first-order valence-electron chi connectivity index (χ1n) is 7.66. The minimum Gasteiger partial charge on any atom is -0.496 e. The third kappa shape index (κ3) is 1.80. The van der Waals surface area contributed by atoms with Crippen LogP contribution in [0.25, 0.3) is 0 Å². The van der Waals surface area contributed by atoms with E-state index in [2.05, 4.69) is 23.5 Å². The van der Waals surface area contributed by atoms with Crippen molar-refractivity contribution in [1.82, 2.24) is 5.32 Å². The first-order chi connectivity index (χ1) is 9.29. The fourth-order valence-corrected chi connectivity index (χ4v) is 5.21. The van der Waals surface area contributed by atoms with E-state index in [-0.39, 0.29) is 0 Å². The third-order valence-corrected chi connectivity index (χ3v) is 5.81. The minimum absolute atomic E-state index is 0.467. The Hall–Kier alpha value is -1.02. The summed E-state index contributed by atoms with van der Waals surface area (Å²) in [6.07, 6.45) is 7.31. The van der Waals surface area contributed by atoms with Crippen LogP contribution in [0.4, 0.5) is 0 Å². The van der Waals surface area contributed by atoms with Crippen LogP contribution < -0.4 is 10.1 Å². The lowest BCUT2D eigenvalue weighted by Crippen LogP contribution is -2.45. The molecule has 2 unspecified atom stereocenters. The summed E-state index contributed by atoms with van der Waals surface area (Å²) in [5, 5.41) is 3.93. The molecule has 4 fully saturated rings. The van der Waals surface area contributed by atoms with Gasteiger partial charge in [0.25, 0.3) is 0 Å². The highest BCUT2D eigenvalue weighted by Crippen LogP contribution is 2.60. The number of hydrogen-bond donors (Lipinski definition) is 1. The van der Waals surface area contributed by atoms with Gasteiger partial charge in [0.2, 0.25) is 0 Å². The molecule has 0 heterocycles. The molecule has 4 aliphatic carbocycles. The van der Waals surface area contributed by atoms with Gasteiger partial charge in [0, 0.05) is 17.6 Å². The Morgan fingerprint density at radius 1 is 1.16 bits per heavy atom. The summed E-state index contributed by atoms with van der Waals surface area (Å²) in [6.45, 7) is 0.958. The number of nitrogens with one attached hydrogen (secondary N) is 1. The van der Waals surface area contributed by atoms with Gasteiger partial charge < -0.3 is 10.1 Å². The molecule has 0 amide bonds. The first-order valence-corrected chi connectivity index (χ1v) is 7.66. The van der Waals surface area contributed by atoms with Gasteiger partial charge in [0.05, 0.1) is 7.11 Å². The van der Waals surface area contributed by atoms with Crippen LogP contribution in [0.15, 0.2) is 24.3 Å². The predicted octanol–water partition coefficient (Wildman–Crippen LogP) is 3.36. The van der Waals surface area contributed by atoms with Crippen molar-refractivity contribution in [2.45, 2.75) is 44.2 Å². The van der Waals surface area contributed by atoms with E-state index in [1.165, 1.54) is 37.7 Å². The number of para-hydroxylation sites is 1. The van der Waals surface area contributed by atoms with Crippen LogP contribution >= 0.6 is 0 Å². The van der Waals surface area contributed by atoms with E-state index >= 15 is 0 Å². The van der Waals surface area contributed by atoms with Crippen molar-refractivity contribution >= 4 is 0 Å². The van der Waals surface area contributed by atoms with E-state index < -0.39 is 0 Å². The highest BCUT2D eigenvalue weighted by Gasteiger charge is 2.57. The van der Waals surface area contributed by atoms with Gasteiger partial charge in [0.1, 0.15) is 5.75 Å². The molecule has 5 rings (SSSR count). The van der Waals surface area contributed by atoms with Gasteiger partial charge in [-0.3, -0.25) is 0 Å². The molecule has 0 aliphatic heterocycles. The van der Waals surface area contributed by atoms with E-state index in [0.717, 1.165) is 30.0 Å². The van der Waals surface area contributed by atoms with E-state index in [1.807, 2.05) is 6.07 Å². The van der Waals surface area contributed by atoms with Crippen LogP contribution in [0.1, 0.15) is 37.7 Å². The molecule has 0 radical (unpaired) electrons. The van der Waals surface area contributed by atoms with E-state index in [4.69, 9.17) is 4.74 Å². The minimum atomic E-state index is 0.467. The SMILES string of the molecule is COc1ccccc1CNC12CC3CC(CC1C3)C2. The standard InChI is InChI=1S/C17H23NO/c1-19-16-5-3-2-4-14(16)11-18-17-9-12-6-13(10-17)8-15(17)7-12/h2-5,12-13,15,18H,6-11H2,1H3. The lowest BCUT2D eigenvalue weighted by molar-refractivity contribution is 0.232. The maximum Gasteiger partial charge on any atom is 0.123 e. The first kappa shape index (κ1) is 11.8. The number of benzene rings is 1. The molecule has 0 spiro atoms. The molecule has 102 valence electrons. The van der Waals surface area contributed by atoms with Gasteiger partial charge in [-0.25, -0.2) is 0 Å². The zero-order chi connectivity index (χ0) is 12.9. The molecule has 4 aliphatic rings. The maximum absolute atomic E-state index is 5.46. The van der Waals surface area contributed by atoms with Crippen molar-refractivity contribution < 1.29 is 4.74 Å². The summed E-state index contributed by atoms with van der Waals surface area (Å²) in [6, 6.07) is 8.40. The zero-order valence-electron chi connectivity index (χ0n) is 11.7. The van der Waals surface area contributed by atoms with Crippen LogP contribution in [-0.4, -0.2) is 12.6 Å². The Bertz CT molecular complexity index is 470. The molecule has 1 aromatic carbocycles. The van der Waals surface area contributed by atoms with E-state index in [9.17, 15) is 0 Å². The van der Waals surface area contributed by atoms with Crippen molar-refractivity contribution in [3.8, 4) is 5.75 Å². The topological polar surface area (TPSA) is 21.3 Å². The zero-order valence-corrected chi connectivity index (χ0v) is 11.7. The Morgan fingerprint density at radius 2 is 1.89 bits per heavy atom. The van der Waals surface area contributed by atoms with Crippen molar-refractivity contribution in [2.24, 2.45) is 17.8 Å². The van der Waals surface area contributed by atoms with Gasteiger partial charge in [-0.2, -0.15) is 0 Å². The Morgan fingerprint density at radius 3 is 2.63 bits per heavy atom. The van der Waals surface area contributed by atoms with Crippen LogP contribution in [0.5, 0.6) is 5.75 Å². The largest absolute Gasteiger partial charge is 0.496 e. The summed E-state index contributed by atoms with van der Waals surface area (Å²) in [4.78, 5) is 0. The molecule has 0 saturated heterocycles. The number of hydrogen-bond acceptors (Lipinski definition) is 2. The van der Waals surface area contributed by atoms with Crippen molar-refractivity contribution in [3.05, 3.63) is 29.8 Å². The lowest BCUT2D eigenvalue weighted by Gasteiger charge is -2.34. The average Bonchev–Trinajstić information content (AvgIpc) is 2.82. The second-order valence-electron chi connectivity index (χ2n) is 6.87. The summed E-state index contributed by atoms with van der Waals surface area (Å²) < 4.78 is 5.46. The molecule has 4 saturated carbocycles. The molecule has 1 N–H and O–H groups in total. The maximum atomic E-state index is 5.46. The van der Waals surface area contributed by atoms with Gasteiger partial charge >= 0.3 is 0 Å². The van der Waals surface area contributed by atoms with E-state index in [0.29, 0.717) is 5.54 Å². The van der Waals surface area contributed by atoms with Crippen molar-refractivity contribution in [2.75, 3.05) is 7.11 Å². The molecule has 2 nitrogen and oxygen atoms in total. The number of ether oxygens (including phenoxy) is 1. The van der Waals surface area contributed by atoms with Gasteiger partial charge in [0.15, 0.2) is 0 Å². The molecule has 2 atom stereocenters.